The summed E-state index contributed by atoms with van der Waals surface area (Å²) in [5.41, 5.74) is 0. The number of aliphatic hydroxyl groups excluding tert-OH is 1. The topological polar surface area (TPSA) is 20.2 Å². The molecule has 0 aliphatic rings. The molecule has 0 fully saturated rings. The van der Waals surface area contributed by atoms with Crippen LogP contribution in [-0.2, 0) is 0 Å². The van der Waals surface area contributed by atoms with E-state index in [1.807, 2.05) is 0 Å². The van der Waals surface area contributed by atoms with E-state index in [9.17, 15) is 0 Å². The maximum Gasteiger partial charge on any atom is 0.0431 e. The van der Waals surface area contributed by atoms with Crippen molar-refractivity contribution >= 4 is 0 Å². The van der Waals surface area contributed by atoms with Gasteiger partial charge in [0.15, 0.2) is 0 Å². The first-order chi connectivity index (χ1) is 8.56. The molecule has 1 nitrogen and oxygen atoms in total. The second-order valence-electron chi connectivity index (χ2n) is 6.69. The Hall–Kier alpha value is -0.0400. The standard InChI is InChI=1S/C17H36O/c1-15(2)9-7-11-17(4)13-8-12-16(3)10-5-6-14-18/h15-18H,5-14H2,1-4H3. The molecule has 0 aromatic heterocycles. The molecule has 0 heterocycles. The van der Waals surface area contributed by atoms with Gasteiger partial charge in [-0.05, 0) is 24.2 Å². The van der Waals surface area contributed by atoms with Gasteiger partial charge in [-0.25, -0.2) is 0 Å². The Kier molecular flexibility index (Phi) is 12.0. The molecule has 0 saturated heterocycles. The Morgan fingerprint density at radius 1 is 0.611 bits per heavy atom. The van der Waals surface area contributed by atoms with E-state index in [0.717, 1.165) is 24.2 Å². The predicted molar refractivity (Wildman–Crippen MR) is 81.8 cm³/mol. The van der Waals surface area contributed by atoms with Crippen molar-refractivity contribution in [2.45, 2.75) is 85.5 Å². The van der Waals surface area contributed by atoms with E-state index in [0.29, 0.717) is 6.61 Å². The lowest BCUT2D eigenvalue weighted by atomic mass is 9.92. The zero-order valence-corrected chi connectivity index (χ0v) is 13.3. The average molecular weight is 256 g/mol. The molecule has 0 amide bonds. The Labute approximate surface area is 115 Å². The van der Waals surface area contributed by atoms with E-state index in [2.05, 4.69) is 27.7 Å². The van der Waals surface area contributed by atoms with Crippen LogP contribution in [0.1, 0.15) is 85.5 Å². The van der Waals surface area contributed by atoms with Crippen molar-refractivity contribution < 1.29 is 5.11 Å². The highest BCUT2D eigenvalue weighted by Gasteiger charge is 2.06. The van der Waals surface area contributed by atoms with Crippen molar-refractivity contribution in [3.8, 4) is 0 Å². The highest BCUT2D eigenvalue weighted by atomic mass is 16.2. The molecule has 0 aliphatic heterocycles. The highest BCUT2D eigenvalue weighted by molar-refractivity contribution is 4.59. The molecule has 0 rings (SSSR count). The van der Waals surface area contributed by atoms with Crippen LogP contribution in [0.5, 0.6) is 0 Å². The molecule has 0 saturated carbocycles. The lowest BCUT2D eigenvalue weighted by Crippen LogP contribution is -2.00. The maximum atomic E-state index is 8.75. The quantitative estimate of drug-likeness (QED) is 0.462. The second kappa shape index (κ2) is 12.0. The van der Waals surface area contributed by atoms with Crippen LogP contribution in [0, 0.1) is 17.8 Å². The van der Waals surface area contributed by atoms with Gasteiger partial charge in [0.1, 0.15) is 0 Å². The average Bonchev–Trinajstić information content (AvgIpc) is 2.29. The normalized spacial score (nSPS) is 15.0. The van der Waals surface area contributed by atoms with Gasteiger partial charge in [0.25, 0.3) is 0 Å². The summed E-state index contributed by atoms with van der Waals surface area (Å²) in [6, 6.07) is 0. The smallest absolute Gasteiger partial charge is 0.0431 e. The van der Waals surface area contributed by atoms with Crippen LogP contribution in [0.3, 0.4) is 0 Å². The van der Waals surface area contributed by atoms with Crippen molar-refractivity contribution in [2.75, 3.05) is 6.61 Å². The second-order valence-corrected chi connectivity index (χ2v) is 6.69. The molecule has 1 heteroatoms. The summed E-state index contributed by atoms with van der Waals surface area (Å²) >= 11 is 0. The zero-order valence-electron chi connectivity index (χ0n) is 13.3. The minimum Gasteiger partial charge on any atom is -0.396 e. The molecular formula is C17H36O. The minimum atomic E-state index is 0.361. The number of unbranched alkanes of at least 4 members (excludes halogenated alkanes) is 1. The van der Waals surface area contributed by atoms with Gasteiger partial charge < -0.3 is 5.11 Å². The Morgan fingerprint density at radius 3 is 1.50 bits per heavy atom. The van der Waals surface area contributed by atoms with E-state index in [-0.39, 0.29) is 0 Å². The molecule has 0 aromatic carbocycles. The Bertz CT molecular complexity index is 165. The van der Waals surface area contributed by atoms with E-state index in [4.69, 9.17) is 5.11 Å². The van der Waals surface area contributed by atoms with E-state index < -0.39 is 0 Å². The monoisotopic (exact) mass is 256 g/mol. The van der Waals surface area contributed by atoms with E-state index in [1.165, 1.54) is 51.4 Å². The van der Waals surface area contributed by atoms with E-state index in [1.54, 1.807) is 0 Å². The first-order valence-corrected chi connectivity index (χ1v) is 8.17. The number of rotatable bonds is 12. The number of hydrogen-bond donors (Lipinski definition) is 1. The van der Waals surface area contributed by atoms with Gasteiger partial charge in [0.05, 0.1) is 0 Å². The molecule has 110 valence electrons. The summed E-state index contributed by atoms with van der Waals surface area (Å²) in [6.07, 6.45) is 11.9. The third kappa shape index (κ3) is 12.4. The molecule has 2 unspecified atom stereocenters. The summed E-state index contributed by atoms with van der Waals surface area (Å²) < 4.78 is 0. The Morgan fingerprint density at radius 2 is 1.06 bits per heavy atom. The van der Waals surface area contributed by atoms with Crippen LogP contribution in [0.2, 0.25) is 0 Å². The zero-order chi connectivity index (χ0) is 13.8. The lowest BCUT2D eigenvalue weighted by Gasteiger charge is -2.14. The summed E-state index contributed by atoms with van der Waals surface area (Å²) in [4.78, 5) is 0. The van der Waals surface area contributed by atoms with Crippen molar-refractivity contribution in [1.29, 1.82) is 0 Å². The van der Waals surface area contributed by atoms with Gasteiger partial charge in [0.2, 0.25) is 0 Å². The maximum absolute atomic E-state index is 8.75. The molecule has 0 aromatic rings. The van der Waals surface area contributed by atoms with Crippen molar-refractivity contribution in [3.63, 3.8) is 0 Å². The third-order valence-electron chi connectivity index (χ3n) is 3.98. The lowest BCUT2D eigenvalue weighted by molar-refractivity contribution is 0.277. The van der Waals surface area contributed by atoms with Crippen LogP contribution in [0.15, 0.2) is 0 Å². The largest absolute Gasteiger partial charge is 0.396 e. The predicted octanol–water partition coefficient (Wildman–Crippen LogP) is 5.42. The fraction of sp³-hybridized carbons (Fsp3) is 1.00. The Balaban J connectivity index is 3.35. The fourth-order valence-electron chi connectivity index (χ4n) is 2.58. The third-order valence-corrected chi connectivity index (χ3v) is 3.98. The molecule has 0 spiro atoms. The molecule has 2 atom stereocenters. The summed E-state index contributed by atoms with van der Waals surface area (Å²) in [5.74, 6) is 2.62. The minimum absolute atomic E-state index is 0.361. The van der Waals surface area contributed by atoms with Crippen LogP contribution in [0.25, 0.3) is 0 Å². The van der Waals surface area contributed by atoms with Gasteiger partial charge in [-0.2, -0.15) is 0 Å². The first-order valence-electron chi connectivity index (χ1n) is 8.17. The van der Waals surface area contributed by atoms with Gasteiger partial charge in [-0.3, -0.25) is 0 Å². The molecule has 18 heavy (non-hydrogen) atoms. The van der Waals surface area contributed by atoms with Gasteiger partial charge >= 0.3 is 0 Å². The first kappa shape index (κ1) is 18.0. The van der Waals surface area contributed by atoms with E-state index >= 15 is 0 Å². The molecule has 0 aliphatic carbocycles. The highest BCUT2D eigenvalue weighted by Crippen LogP contribution is 2.21. The number of aliphatic hydroxyl groups is 1. The van der Waals surface area contributed by atoms with Crippen LogP contribution < -0.4 is 0 Å². The van der Waals surface area contributed by atoms with Gasteiger partial charge in [-0.15, -0.1) is 0 Å². The van der Waals surface area contributed by atoms with Crippen LogP contribution in [-0.4, -0.2) is 11.7 Å². The SMILES string of the molecule is CC(C)CCCC(C)CCCC(C)CCCCO. The van der Waals surface area contributed by atoms with Crippen molar-refractivity contribution in [3.05, 3.63) is 0 Å². The fourth-order valence-corrected chi connectivity index (χ4v) is 2.58. The number of hydrogen-bond acceptors (Lipinski definition) is 1. The van der Waals surface area contributed by atoms with Crippen LogP contribution in [0.4, 0.5) is 0 Å². The summed E-state index contributed by atoms with van der Waals surface area (Å²) in [7, 11) is 0. The summed E-state index contributed by atoms with van der Waals surface area (Å²) in [5, 5.41) is 8.75. The molecule has 1 N–H and O–H groups in total. The van der Waals surface area contributed by atoms with Crippen molar-refractivity contribution in [2.24, 2.45) is 17.8 Å². The molecular weight excluding hydrogens is 220 g/mol. The summed E-state index contributed by atoms with van der Waals surface area (Å²) in [6.45, 7) is 9.77. The van der Waals surface area contributed by atoms with Crippen molar-refractivity contribution in [1.82, 2.24) is 0 Å². The van der Waals surface area contributed by atoms with Crippen LogP contribution >= 0.6 is 0 Å². The molecule has 0 bridgehead atoms. The van der Waals surface area contributed by atoms with Gasteiger partial charge in [0, 0.05) is 6.61 Å². The van der Waals surface area contributed by atoms with Gasteiger partial charge in [-0.1, -0.05) is 79.1 Å². The molecule has 0 radical (unpaired) electrons.